The average Bonchev–Trinajstić information content (AvgIpc) is 2.70. The molecule has 1 aromatic heterocycles. The number of carbonyl (C=O) groups is 1. The SMILES string of the molecule is Cc1c(F)c(F)c(Cl)c(C(=O)NC2CCC(CNc3cncc(Cl)c3)CC2)c1F. The largest absolute Gasteiger partial charge is 0.383 e. The first-order valence-electron chi connectivity index (χ1n) is 9.25. The molecule has 0 atom stereocenters. The number of nitrogens with one attached hydrogen (secondary N) is 2. The van der Waals surface area contributed by atoms with Crippen molar-refractivity contribution in [2.24, 2.45) is 5.92 Å². The highest BCUT2D eigenvalue weighted by Crippen LogP contribution is 2.30. The van der Waals surface area contributed by atoms with E-state index in [0.29, 0.717) is 23.8 Å². The minimum Gasteiger partial charge on any atom is -0.383 e. The summed E-state index contributed by atoms with van der Waals surface area (Å²) in [4.78, 5) is 16.5. The van der Waals surface area contributed by atoms with Crippen LogP contribution >= 0.6 is 23.2 Å². The van der Waals surface area contributed by atoms with Gasteiger partial charge in [0.2, 0.25) is 0 Å². The van der Waals surface area contributed by atoms with E-state index in [9.17, 15) is 18.0 Å². The molecule has 0 radical (unpaired) electrons. The lowest BCUT2D eigenvalue weighted by Crippen LogP contribution is -2.39. The van der Waals surface area contributed by atoms with E-state index in [1.165, 1.54) is 0 Å². The van der Waals surface area contributed by atoms with Crippen LogP contribution in [0.25, 0.3) is 0 Å². The molecule has 1 aliphatic rings. The Balaban J connectivity index is 1.55. The van der Waals surface area contributed by atoms with Crippen LogP contribution in [0.15, 0.2) is 18.5 Å². The number of halogens is 5. The smallest absolute Gasteiger partial charge is 0.256 e. The number of aromatic nitrogens is 1. The van der Waals surface area contributed by atoms with Gasteiger partial charge in [0.05, 0.1) is 27.5 Å². The van der Waals surface area contributed by atoms with E-state index in [0.717, 1.165) is 32.0 Å². The number of benzene rings is 1. The molecule has 0 unspecified atom stereocenters. The van der Waals surface area contributed by atoms with E-state index in [-0.39, 0.29) is 6.04 Å². The Bertz CT molecular complexity index is 889. The summed E-state index contributed by atoms with van der Waals surface area (Å²) >= 11 is 11.6. The van der Waals surface area contributed by atoms with Gasteiger partial charge in [0.15, 0.2) is 11.6 Å². The predicted octanol–water partition coefficient (Wildman–Crippen LogP) is 5.51. The van der Waals surface area contributed by atoms with Crippen molar-refractivity contribution < 1.29 is 18.0 Å². The van der Waals surface area contributed by atoms with Gasteiger partial charge in [0.1, 0.15) is 5.82 Å². The van der Waals surface area contributed by atoms with Gasteiger partial charge in [-0.15, -0.1) is 0 Å². The zero-order valence-electron chi connectivity index (χ0n) is 15.7. The predicted molar refractivity (Wildman–Crippen MR) is 107 cm³/mol. The molecule has 4 nitrogen and oxygen atoms in total. The van der Waals surface area contributed by atoms with Gasteiger partial charge in [-0.05, 0) is 44.6 Å². The Morgan fingerprint density at radius 3 is 2.45 bits per heavy atom. The van der Waals surface area contributed by atoms with Gasteiger partial charge in [0, 0.05) is 24.3 Å². The molecule has 29 heavy (non-hydrogen) atoms. The number of pyridine rings is 1. The van der Waals surface area contributed by atoms with Gasteiger partial charge >= 0.3 is 0 Å². The van der Waals surface area contributed by atoms with Crippen molar-refractivity contribution in [3.8, 4) is 0 Å². The first-order valence-corrected chi connectivity index (χ1v) is 10.0. The molecule has 1 amide bonds. The number of rotatable bonds is 5. The molecule has 0 saturated heterocycles. The summed E-state index contributed by atoms with van der Waals surface area (Å²) in [5, 5.41) is 5.70. The second-order valence-electron chi connectivity index (χ2n) is 7.22. The maximum Gasteiger partial charge on any atom is 0.256 e. The Kier molecular flexibility index (Phi) is 6.90. The summed E-state index contributed by atoms with van der Waals surface area (Å²) in [7, 11) is 0. The number of nitrogens with zero attached hydrogens (tertiary/aromatic N) is 1. The minimum atomic E-state index is -1.42. The maximum atomic E-state index is 14.3. The summed E-state index contributed by atoms with van der Waals surface area (Å²) in [5.41, 5.74) is -0.380. The highest BCUT2D eigenvalue weighted by Gasteiger charge is 2.29. The van der Waals surface area contributed by atoms with Gasteiger partial charge in [-0.3, -0.25) is 9.78 Å². The second kappa shape index (κ2) is 9.22. The molecule has 1 heterocycles. The standard InChI is InChI=1S/C20H20Cl2F3N3O/c1-10-17(23)15(16(22)19(25)18(10)24)20(29)28-13-4-2-11(3-5-13)7-27-14-6-12(21)8-26-9-14/h6,8-9,11,13,27H,2-5,7H2,1H3,(H,28,29). The molecular formula is C20H20Cl2F3N3O. The molecule has 2 N–H and O–H groups in total. The topological polar surface area (TPSA) is 54.0 Å². The third kappa shape index (κ3) is 4.95. The van der Waals surface area contributed by atoms with Crippen LogP contribution in [0.2, 0.25) is 10.0 Å². The highest BCUT2D eigenvalue weighted by molar-refractivity contribution is 6.34. The first-order chi connectivity index (χ1) is 13.8. The van der Waals surface area contributed by atoms with Gasteiger partial charge in [-0.25, -0.2) is 13.2 Å². The first kappa shape index (κ1) is 21.7. The highest BCUT2D eigenvalue weighted by atomic mass is 35.5. The fourth-order valence-electron chi connectivity index (χ4n) is 3.49. The third-order valence-electron chi connectivity index (χ3n) is 5.19. The average molecular weight is 446 g/mol. The van der Waals surface area contributed by atoms with Crippen molar-refractivity contribution in [3.63, 3.8) is 0 Å². The van der Waals surface area contributed by atoms with Crippen molar-refractivity contribution in [3.05, 3.63) is 57.1 Å². The van der Waals surface area contributed by atoms with Crippen LogP contribution < -0.4 is 10.6 Å². The van der Waals surface area contributed by atoms with Crippen molar-refractivity contribution in [1.29, 1.82) is 0 Å². The monoisotopic (exact) mass is 445 g/mol. The number of amides is 1. The Morgan fingerprint density at radius 2 is 1.79 bits per heavy atom. The Morgan fingerprint density at radius 1 is 1.10 bits per heavy atom. The maximum absolute atomic E-state index is 14.3. The van der Waals surface area contributed by atoms with Crippen LogP contribution in [0.1, 0.15) is 41.6 Å². The summed E-state index contributed by atoms with van der Waals surface area (Å²) in [6.45, 7) is 1.81. The van der Waals surface area contributed by atoms with Crippen molar-refractivity contribution in [2.75, 3.05) is 11.9 Å². The van der Waals surface area contributed by atoms with Crippen LogP contribution in [0.3, 0.4) is 0 Å². The van der Waals surface area contributed by atoms with Gasteiger partial charge in [-0.2, -0.15) is 0 Å². The fourth-order valence-corrected chi connectivity index (χ4v) is 3.92. The lowest BCUT2D eigenvalue weighted by Gasteiger charge is -2.29. The van der Waals surface area contributed by atoms with Crippen LogP contribution in [-0.2, 0) is 0 Å². The van der Waals surface area contributed by atoms with Crippen LogP contribution in [0.4, 0.5) is 18.9 Å². The zero-order chi connectivity index (χ0) is 21.1. The lowest BCUT2D eigenvalue weighted by molar-refractivity contribution is 0.0918. The fraction of sp³-hybridized carbons (Fsp3) is 0.400. The molecule has 2 aromatic rings. The van der Waals surface area contributed by atoms with Crippen molar-refractivity contribution in [1.82, 2.24) is 10.3 Å². The lowest BCUT2D eigenvalue weighted by atomic mass is 9.86. The second-order valence-corrected chi connectivity index (χ2v) is 8.03. The van der Waals surface area contributed by atoms with Gasteiger partial charge in [-0.1, -0.05) is 23.2 Å². The van der Waals surface area contributed by atoms with Gasteiger partial charge in [0.25, 0.3) is 5.91 Å². The van der Waals surface area contributed by atoms with Crippen molar-refractivity contribution in [2.45, 2.75) is 38.6 Å². The molecule has 1 saturated carbocycles. The van der Waals surface area contributed by atoms with E-state index in [4.69, 9.17) is 23.2 Å². The molecule has 1 fully saturated rings. The Labute approximate surface area is 176 Å². The molecule has 9 heteroatoms. The molecule has 156 valence electrons. The normalized spacial score (nSPS) is 19.1. The molecule has 3 rings (SSSR count). The molecule has 1 aliphatic carbocycles. The number of hydrogen-bond acceptors (Lipinski definition) is 3. The molecule has 0 aliphatic heterocycles. The van der Waals surface area contributed by atoms with E-state index in [1.807, 2.05) is 0 Å². The van der Waals surface area contributed by atoms with Crippen LogP contribution in [-0.4, -0.2) is 23.5 Å². The molecular weight excluding hydrogens is 426 g/mol. The van der Waals surface area contributed by atoms with E-state index in [2.05, 4.69) is 15.6 Å². The molecule has 0 bridgehead atoms. The summed E-state index contributed by atoms with van der Waals surface area (Å²) in [6.07, 6.45) is 6.32. The minimum absolute atomic E-state index is 0.185. The third-order valence-corrected chi connectivity index (χ3v) is 5.75. The number of hydrogen-bond donors (Lipinski definition) is 2. The molecule has 1 aromatic carbocycles. The van der Waals surface area contributed by atoms with Crippen LogP contribution in [0, 0.1) is 30.3 Å². The summed E-state index contributed by atoms with van der Waals surface area (Å²) in [5.74, 6) is -4.37. The quantitative estimate of drug-likeness (QED) is 0.470. The zero-order valence-corrected chi connectivity index (χ0v) is 17.2. The number of anilines is 1. The van der Waals surface area contributed by atoms with Crippen molar-refractivity contribution >= 4 is 34.8 Å². The summed E-state index contributed by atoms with van der Waals surface area (Å²) in [6, 6.07) is 1.61. The van der Waals surface area contributed by atoms with E-state index < -0.39 is 39.5 Å². The Hall–Kier alpha value is -1.99. The summed E-state index contributed by atoms with van der Waals surface area (Å²) < 4.78 is 41.7. The van der Waals surface area contributed by atoms with E-state index in [1.54, 1.807) is 18.5 Å². The van der Waals surface area contributed by atoms with Gasteiger partial charge < -0.3 is 10.6 Å². The van der Waals surface area contributed by atoms with Crippen LogP contribution in [0.5, 0.6) is 0 Å². The van der Waals surface area contributed by atoms with E-state index >= 15 is 0 Å². The molecule has 0 spiro atoms. The number of carbonyl (C=O) groups excluding carboxylic acids is 1.